The third-order valence-corrected chi connectivity index (χ3v) is 2.22. The van der Waals surface area contributed by atoms with E-state index in [1.807, 2.05) is 0 Å². The lowest BCUT2D eigenvalue weighted by atomic mass is 10.1. The molecule has 72 valence electrons. The number of hydrogen-bond donors (Lipinski definition) is 3. The van der Waals surface area contributed by atoms with Crippen LogP contribution in [0.5, 0.6) is 0 Å². The summed E-state index contributed by atoms with van der Waals surface area (Å²) in [6, 6.07) is 0. The molecule has 2 unspecified atom stereocenters. The molecule has 0 fully saturated rings. The van der Waals surface area contributed by atoms with Crippen molar-refractivity contribution < 1.29 is 10.2 Å². The van der Waals surface area contributed by atoms with Gasteiger partial charge in [0, 0.05) is 23.3 Å². The zero-order chi connectivity index (χ0) is 9.84. The number of aromatic amines is 1. The number of nitrogens with zero attached hydrogens (tertiary/aromatic N) is 1. The predicted octanol–water partition coefficient (Wildman–Crippen LogP) is -0.441. The van der Waals surface area contributed by atoms with Crippen LogP contribution in [0.2, 0.25) is 0 Å². The number of halogens is 1. The van der Waals surface area contributed by atoms with Gasteiger partial charge in [0.1, 0.15) is 6.10 Å². The fraction of sp³-hybridized carbons (Fsp3) is 0.429. The summed E-state index contributed by atoms with van der Waals surface area (Å²) < 4.78 is 0. The molecule has 0 aromatic carbocycles. The molecule has 0 aliphatic rings. The summed E-state index contributed by atoms with van der Waals surface area (Å²) in [4.78, 5) is 16.3. The van der Waals surface area contributed by atoms with E-state index in [-0.39, 0.29) is 5.33 Å². The highest BCUT2D eigenvalue weighted by atomic mass is 79.9. The van der Waals surface area contributed by atoms with Crippen molar-refractivity contribution in [3.63, 3.8) is 0 Å². The summed E-state index contributed by atoms with van der Waals surface area (Å²) in [5.41, 5.74) is -0.101. The van der Waals surface area contributed by atoms with Crippen LogP contribution in [0.1, 0.15) is 11.7 Å². The maximum absolute atomic E-state index is 10.6. The minimum absolute atomic E-state index is 0.257. The first-order valence-corrected chi connectivity index (χ1v) is 4.74. The van der Waals surface area contributed by atoms with Crippen LogP contribution in [0, 0.1) is 0 Å². The topological polar surface area (TPSA) is 86.2 Å². The van der Waals surface area contributed by atoms with Crippen molar-refractivity contribution in [2.45, 2.75) is 12.2 Å². The second-order valence-electron chi connectivity index (χ2n) is 2.52. The van der Waals surface area contributed by atoms with Crippen molar-refractivity contribution in [2.24, 2.45) is 0 Å². The maximum atomic E-state index is 10.6. The Bertz CT molecular complexity index is 307. The molecular formula is C7H9BrN2O3. The van der Waals surface area contributed by atoms with Gasteiger partial charge in [0.05, 0.1) is 6.10 Å². The van der Waals surface area contributed by atoms with E-state index in [1.54, 1.807) is 0 Å². The summed E-state index contributed by atoms with van der Waals surface area (Å²) in [6.45, 7) is 0. The Balaban J connectivity index is 2.83. The Labute approximate surface area is 82.6 Å². The van der Waals surface area contributed by atoms with E-state index in [0.29, 0.717) is 5.56 Å². The number of nitrogens with one attached hydrogen (secondary N) is 1. The van der Waals surface area contributed by atoms with Gasteiger partial charge in [-0.15, -0.1) is 0 Å². The molecule has 0 saturated heterocycles. The normalized spacial score (nSPS) is 15.3. The standard InChI is InChI=1S/C7H9BrN2O3/c8-1-5(11)6(12)4-2-9-7(13)10-3-4/h2-3,5-6,11-12H,1H2,(H,9,10,13). The molecule has 2 atom stereocenters. The molecule has 6 heteroatoms. The quantitative estimate of drug-likeness (QED) is 0.634. The van der Waals surface area contributed by atoms with E-state index in [0.717, 1.165) is 0 Å². The van der Waals surface area contributed by atoms with Gasteiger partial charge in [-0.3, -0.25) is 0 Å². The molecule has 0 aliphatic carbocycles. The molecule has 1 heterocycles. The van der Waals surface area contributed by atoms with Gasteiger partial charge in [-0.1, -0.05) is 15.9 Å². The number of aromatic nitrogens is 2. The number of aliphatic hydroxyl groups excluding tert-OH is 2. The van der Waals surface area contributed by atoms with Crippen LogP contribution in [-0.2, 0) is 0 Å². The van der Waals surface area contributed by atoms with Crippen LogP contribution in [-0.4, -0.2) is 31.6 Å². The Morgan fingerprint density at radius 1 is 1.62 bits per heavy atom. The zero-order valence-electron chi connectivity index (χ0n) is 6.64. The Morgan fingerprint density at radius 3 is 2.77 bits per heavy atom. The van der Waals surface area contributed by atoms with Crippen molar-refractivity contribution in [1.29, 1.82) is 0 Å². The highest BCUT2D eigenvalue weighted by Crippen LogP contribution is 2.15. The minimum Gasteiger partial charge on any atom is -0.389 e. The van der Waals surface area contributed by atoms with E-state index in [2.05, 4.69) is 25.9 Å². The highest BCUT2D eigenvalue weighted by Gasteiger charge is 2.17. The van der Waals surface area contributed by atoms with Crippen LogP contribution in [0.3, 0.4) is 0 Å². The third kappa shape index (κ3) is 2.61. The SMILES string of the molecule is O=c1ncc(C(O)C(O)CBr)c[nH]1. The molecular weight excluding hydrogens is 240 g/mol. The van der Waals surface area contributed by atoms with Crippen LogP contribution >= 0.6 is 15.9 Å². The fourth-order valence-electron chi connectivity index (χ4n) is 0.821. The molecule has 0 radical (unpaired) electrons. The van der Waals surface area contributed by atoms with Crippen LogP contribution in [0.4, 0.5) is 0 Å². The lowest BCUT2D eigenvalue weighted by Gasteiger charge is -2.14. The molecule has 0 aliphatic heterocycles. The minimum atomic E-state index is -1.04. The monoisotopic (exact) mass is 248 g/mol. The molecule has 1 aromatic heterocycles. The van der Waals surface area contributed by atoms with Crippen molar-refractivity contribution in [2.75, 3.05) is 5.33 Å². The maximum Gasteiger partial charge on any atom is 0.344 e. The molecule has 3 N–H and O–H groups in total. The van der Waals surface area contributed by atoms with E-state index < -0.39 is 17.9 Å². The van der Waals surface area contributed by atoms with Crippen molar-refractivity contribution in [3.8, 4) is 0 Å². The Morgan fingerprint density at radius 2 is 2.31 bits per heavy atom. The smallest absolute Gasteiger partial charge is 0.344 e. The van der Waals surface area contributed by atoms with E-state index in [9.17, 15) is 15.0 Å². The lowest BCUT2D eigenvalue weighted by molar-refractivity contribution is 0.0338. The van der Waals surface area contributed by atoms with Gasteiger partial charge in [-0.25, -0.2) is 9.78 Å². The van der Waals surface area contributed by atoms with Gasteiger partial charge in [0.2, 0.25) is 0 Å². The van der Waals surface area contributed by atoms with Crippen LogP contribution in [0.15, 0.2) is 17.2 Å². The number of H-pyrrole nitrogens is 1. The molecule has 0 amide bonds. The summed E-state index contributed by atoms with van der Waals surface area (Å²) in [5, 5.41) is 18.9. The largest absolute Gasteiger partial charge is 0.389 e. The molecule has 1 rings (SSSR count). The van der Waals surface area contributed by atoms with Gasteiger partial charge in [0.15, 0.2) is 0 Å². The average Bonchev–Trinajstić information content (AvgIpc) is 2.17. The van der Waals surface area contributed by atoms with Gasteiger partial charge in [0.25, 0.3) is 0 Å². The predicted molar refractivity (Wildman–Crippen MR) is 49.6 cm³/mol. The van der Waals surface area contributed by atoms with E-state index in [1.165, 1.54) is 12.4 Å². The molecule has 13 heavy (non-hydrogen) atoms. The number of hydrogen-bond acceptors (Lipinski definition) is 4. The zero-order valence-corrected chi connectivity index (χ0v) is 8.23. The van der Waals surface area contributed by atoms with Crippen molar-refractivity contribution in [3.05, 3.63) is 28.4 Å². The highest BCUT2D eigenvalue weighted by molar-refractivity contribution is 9.09. The lowest BCUT2D eigenvalue weighted by Crippen LogP contribution is -2.21. The van der Waals surface area contributed by atoms with E-state index in [4.69, 9.17) is 0 Å². The Kier molecular flexibility index (Phi) is 3.58. The molecule has 0 saturated carbocycles. The summed E-state index contributed by atoms with van der Waals surface area (Å²) >= 11 is 3.02. The fourth-order valence-corrected chi connectivity index (χ4v) is 1.18. The van der Waals surface area contributed by atoms with Crippen molar-refractivity contribution in [1.82, 2.24) is 9.97 Å². The second kappa shape index (κ2) is 4.50. The van der Waals surface area contributed by atoms with Crippen LogP contribution < -0.4 is 5.69 Å². The first-order valence-electron chi connectivity index (χ1n) is 3.62. The summed E-state index contributed by atoms with van der Waals surface area (Å²) in [5.74, 6) is 0. The first kappa shape index (κ1) is 10.4. The van der Waals surface area contributed by atoms with Gasteiger partial charge in [-0.2, -0.15) is 0 Å². The first-order chi connectivity index (χ1) is 6.15. The molecule has 0 spiro atoms. The van der Waals surface area contributed by atoms with Gasteiger partial charge < -0.3 is 15.2 Å². The average molecular weight is 249 g/mol. The number of alkyl halides is 1. The van der Waals surface area contributed by atoms with Gasteiger partial charge in [-0.05, 0) is 0 Å². The Hall–Kier alpha value is -0.720. The number of aliphatic hydroxyl groups is 2. The summed E-state index contributed by atoms with van der Waals surface area (Å²) in [7, 11) is 0. The van der Waals surface area contributed by atoms with Crippen LogP contribution in [0.25, 0.3) is 0 Å². The molecule has 5 nitrogen and oxygen atoms in total. The third-order valence-electron chi connectivity index (χ3n) is 1.56. The molecule has 0 bridgehead atoms. The van der Waals surface area contributed by atoms with E-state index >= 15 is 0 Å². The summed E-state index contributed by atoms with van der Waals surface area (Å²) in [6.07, 6.45) is 0.609. The number of rotatable bonds is 3. The molecule has 1 aromatic rings. The van der Waals surface area contributed by atoms with Crippen molar-refractivity contribution >= 4 is 15.9 Å². The second-order valence-corrected chi connectivity index (χ2v) is 3.17. The van der Waals surface area contributed by atoms with Gasteiger partial charge >= 0.3 is 5.69 Å².